The number of fused-ring (bicyclic) bond motifs is 2. The van der Waals surface area contributed by atoms with Gasteiger partial charge in [-0.1, -0.05) is 75.2 Å². The number of nitrogens with zero attached hydrogens (tertiary/aromatic N) is 7. The maximum Gasteiger partial charge on any atom is 0.328 e. The highest BCUT2D eigenvalue weighted by atomic mass is 79.9. The van der Waals surface area contributed by atoms with Crippen LogP contribution in [0.2, 0.25) is 0 Å². The van der Waals surface area contributed by atoms with Gasteiger partial charge in [-0.25, -0.2) is 9.78 Å². The van der Waals surface area contributed by atoms with Crippen LogP contribution >= 0.6 is 30.7 Å². The van der Waals surface area contributed by atoms with E-state index in [9.17, 15) is 13.9 Å². The molecule has 0 spiro atoms. The first-order valence-corrected chi connectivity index (χ1v) is 24.7. The highest BCUT2D eigenvalue weighted by Crippen LogP contribution is 2.46. The number of H-pyrrole nitrogens is 1. The molecule has 318 valence electrons. The quantitative estimate of drug-likeness (QED) is 0.0400. The third-order valence-electron chi connectivity index (χ3n) is 9.03. The number of hydrogen-bond acceptors (Lipinski definition) is 14. The lowest BCUT2D eigenvalue weighted by molar-refractivity contribution is 0.286. The molecular weight excluding hydrogens is 862 g/mol. The number of hydrogen-bond donors (Lipinski definition) is 3. The average molecular weight is 916 g/mol. The Bertz CT molecular complexity index is 2530. The van der Waals surface area contributed by atoms with E-state index in [1.165, 1.54) is 11.7 Å². The second-order valence-electron chi connectivity index (χ2n) is 14.1. The number of aromatic amines is 1. The van der Waals surface area contributed by atoms with Crippen LogP contribution in [0.15, 0.2) is 58.1 Å². The number of rotatable bonds is 19. The predicted octanol–water partition coefficient (Wildman–Crippen LogP) is 7.83. The van der Waals surface area contributed by atoms with Crippen molar-refractivity contribution < 1.29 is 27.7 Å². The van der Waals surface area contributed by atoms with Gasteiger partial charge < -0.3 is 35.0 Å². The van der Waals surface area contributed by atoms with Gasteiger partial charge in [0.15, 0.2) is 33.2 Å². The molecule has 4 heterocycles. The van der Waals surface area contributed by atoms with Crippen LogP contribution in [0.4, 0.5) is 11.6 Å². The summed E-state index contributed by atoms with van der Waals surface area (Å²) >= 11 is 3.50. The van der Waals surface area contributed by atoms with E-state index < -0.39 is 14.7 Å². The van der Waals surface area contributed by atoms with Crippen molar-refractivity contribution >= 4 is 64.6 Å². The summed E-state index contributed by atoms with van der Waals surface area (Å²) in [5, 5.41) is 0. The van der Waals surface area contributed by atoms with Gasteiger partial charge in [0, 0.05) is 32.8 Å². The van der Waals surface area contributed by atoms with Crippen molar-refractivity contribution in [3.63, 3.8) is 0 Å². The average Bonchev–Trinajstić information content (AvgIpc) is 3.67. The first-order valence-electron chi connectivity index (χ1n) is 19.4. The number of imidazole rings is 2. The van der Waals surface area contributed by atoms with E-state index >= 15 is 0 Å². The molecule has 6 aromatic rings. The molecule has 2 atom stereocenters. The van der Waals surface area contributed by atoms with E-state index in [0.29, 0.717) is 65.8 Å². The van der Waals surface area contributed by atoms with Crippen molar-refractivity contribution in [3.05, 3.63) is 86.0 Å². The zero-order chi connectivity index (χ0) is 42.7. The van der Waals surface area contributed by atoms with Crippen molar-refractivity contribution in [2.75, 3.05) is 51.7 Å². The summed E-state index contributed by atoms with van der Waals surface area (Å²) in [6.07, 6.45) is 4.51. The Kier molecular flexibility index (Phi) is 15.9. The van der Waals surface area contributed by atoms with Gasteiger partial charge in [-0.2, -0.15) is 19.9 Å². The summed E-state index contributed by atoms with van der Waals surface area (Å²) in [5.41, 5.74) is 17.4. The molecule has 0 saturated heterocycles. The maximum atomic E-state index is 12.5. The van der Waals surface area contributed by atoms with Crippen LogP contribution in [-0.4, -0.2) is 79.3 Å². The molecule has 2 aromatic carbocycles. The van der Waals surface area contributed by atoms with E-state index in [2.05, 4.69) is 59.7 Å². The topological polar surface area (TPSA) is 230 Å². The zero-order valence-electron chi connectivity index (χ0n) is 34.3. The molecule has 17 nitrogen and oxygen atoms in total. The third-order valence-corrected chi connectivity index (χ3v) is 13.1. The van der Waals surface area contributed by atoms with Crippen LogP contribution in [0.5, 0.6) is 12.0 Å². The number of anilines is 2. The summed E-state index contributed by atoms with van der Waals surface area (Å²) in [5.74, 6) is 0.446. The fraction of sp³-hybridized carbons (Fsp3) is 0.436. The second kappa shape index (κ2) is 20.6. The van der Waals surface area contributed by atoms with E-state index in [-0.39, 0.29) is 35.9 Å². The Morgan fingerprint density at radius 3 is 1.81 bits per heavy atom. The number of nitrogens with one attached hydrogen (secondary N) is 1. The molecule has 0 amide bonds. The number of unbranched alkanes of at least 4 members (excludes halogenated alkanes) is 2. The normalized spacial score (nSPS) is 13.5. The van der Waals surface area contributed by atoms with E-state index in [4.69, 9.17) is 30.0 Å². The summed E-state index contributed by atoms with van der Waals surface area (Å²) in [6.45, 7) is 11.5. The van der Waals surface area contributed by atoms with Gasteiger partial charge in [0.05, 0.1) is 32.9 Å². The van der Waals surface area contributed by atoms with Gasteiger partial charge in [-0.05, 0) is 57.9 Å². The van der Waals surface area contributed by atoms with E-state index in [1.807, 2.05) is 60.0 Å². The van der Waals surface area contributed by atoms with Gasteiger partial charge >= 0.3 is 17.7 Å². The summed E-state index contributed by atoms with van der Waals surface area (Å²) in [4.78, 5) is 36.9. The molecular formula is C39H53BrN10O7P2. The number of ether oxygens (including phenoxy) is 2. The summed E-state index contributed by atoms with van der Waals surface area (Å²) in [6, 6.07) is 15.9. The molecule has 59 heavy (non-hydrogen) atoms. The SMILES string of the molecule is CCCCOc1nc(N)c2[nH]c(=O)n(Cc3cccc(CP(C)(=O)OC)c3)c2n1.CCCCOc1nc(N)c2nc(Br)n(Cc3cccc(CP(C)(=O)OCC)c3)c2n1. The Morgan fingerprint density at radius 1 is 0.729 bits per heavy atom. The number of aromatic nitrogens is 8. The fourth-order valence-electron chi connectivity index (χ4n) is 6.10. The Labute approximate surface area is 351 Å². The van der Waals surface area contributed by atoms with Gasteiger partial charge in [0.25, 0.3) is 0 Å². The standard InChI is InChI=1S/C20H27BrN5O3P.C19H26N5O4P/c1-4-6-10-28-20-24-17(22)16-18(25-20)26(19(21)23-16)12-14-8-7-9-15(11-14)13-30(3,27)29-5-2;1-4-5-9-28-18-22-16(20)15-17(23-18)24(19(25)21-15)11-13-7-6-8-14(10-13)12-29(3,26)27-2/h7-9,11H,4-6,10,12-13H2,1-3H3,(H2,22,24,25);6-8,10H,4-5,9,11-12H2,1-3H3,(H,21,25)(H2,20,22,23). The minimum absolute atomic E-state index is 0.150. The van der Waals surface area contributed by atoms with Crippen LogP contribution in [-0.2, 0) is 43.6 Å². The molecule has 2 unspecified atom stereocenters. The Balaban J connectivity index is 0.000000224. The molecule has 0 aliphatic heterocycles. The van der Waals surface area contributed by atoms with Crippen LogP contribution < -0.4 is 26.6 Å². The first kappa shape index (κ1) is 45.5. The molecule has 5 N–H and O–H groups in total. The molecule has 0 fully saturated rings. The predicted molar refractivity (Wildman–Crippen MR) is 235 cm³/mol. The smallest absolute Gasteiger partial charge is 0.328 e. The van der Waals surface area contributed by atoms with Crippen LogP contribution in [0.25, 0.3) is 22.3 Å². The van der Waals surface area contributed by atoms with Gasteiger partial charge in [0.1, 0.15) is 5.52 Å². The first-order chi connectivity index (χ1) is 28.1. The number of nitrogen functional groups attached to an aromatic ring is 2. The minimum Gasteiger partial charge on any atom is -0.463 e. The van der Waals surface area contributed by atoms with Crippen LogP contribution in [0.3, 0.4) is 0 Å². The molecule has 0 bridgehead atoms. The maximum absolute atomic E-state index is 12.5. The number of nitrogens with two attached hydrogens (primary N) is 2. The minimum atomic E-state index is -2.69. The largest absolute Gasteiger partial charge is 0.463 e. The van der Waals surface area contributed by atoms with Crippen molar-refractivity contribution in [2.24, 2.45) is 0 Å². The lowest BCUT2D eigenvalue weighted by Gasteiger charge is -2.13. The van der Waals surface area contributed by atoms with Crippen molar-refractivity contribution in [1.29, 1.82) is 0 Å². The van der Waals surface area contributed by atoms with Gasteiger partial charge in [-0.15, -0.1) is 0 Å². The molecule has 4 aromatic heterocycles. The monoisotopic (exact) mass is 914 g/mol. The van der Waals surface area contributed by atoms with Crippen LogP contribution in [0, 0.1) is 0 Å². The molecule has 0 aliphatic carbocycles. The van der Waals surface area contributed by atoms with Crippen molar-refractivity contribution in [1.82, 2.24) is 39.0 Å². The van der Waals surface area contributed by atoms with Crippen molar-refractivity contribution in [2.45, 2.75) is 71.9 Å². The highest BCUT2D eigenvalue weighted by Gasteiger charge is 2.20. The van der Waals surface area contributed by atoms with Crippen LogP contribution in [0.1, 0.15) is 68.7 Å². The van der Waals surface area contributed by atoms with E-state index in [1.54, 1.807) is 13.3 Å². The molecule has 0 aliphatic rings. The zero-order valence-corrected chi connectivity index (χ0v) is 37.7. The second-order valence-corrected chi connectivity index (χ2v) is 20.1. The molecule has 20 heteroatoms. The molecule has 0 radical (unpaired) electrons. The van der Waals surface area contributed by atoms with E-state index in [0.717, 1.165) is 47.9 Å². The number of halogens is 1. The summed E-state index contributed by atoms with van der Waals surface area (Å²) in [7, 11) is -3.91. The lowest BCUT2D eigenvalue weighted by atomic mass is 10.1. The fourth-order valence-corrected chi connectivity index (χ4v) is 9.06. The lowest BCUT2D eigenvalue weighted by Crippen LogP contribution is -2.18. The molecule has 6 rings (SSSR count). The summed E-state index contributed by atoms with van der Waals surface area (Å²) < 4.78 is 50.5. The Morgan fingerprint density at radius 2 is 1.25 bits per heavy atom. The van der Waals surface area contributed by atoms with Gasteiger partial charge in [0.2, 0.25) is 14.7 Å². The Hall–Kier alpha value is -4.60. The third kappa shape index (κ3) is 12.5. The molecule has 0 saturated carbocycles. The number of benzene rings is 2. The highest BCUT2D eigenvalue weighted by molar-refractivity contribution is 9.10. The van der Waals surface area contributed by atoms with Crippen molar-refractivity contribution in [3.8, 4) is 12.0 Å². The van der Waals surface area contributed by atoms with Gasteiger partial charge in [-0.3, -0.25) is 18.3 Å².